The first-order valence-electron chi connectivity index (χ1n) is 8.91. The van der Waals surface area contributed by atoms with E-state index in [2.05, 4.69) is 27.2 Å². The molecule has 4 rings (SSSR count). The number of pyridine rings is 1. The zero-order valence-corrected chi connectivity index (χ0v) is 15.4. The topological polar surface area (TPSA) is 65.1 Å². The van der Waals surface area contributed by atoms with Gasteiger partial charge in [0.15, 0.2) is 5.69 Å². The van der Waals surface area contributed by atoms with Crippen LogP contribution in [0.2, 0.25) is 0 Å². The van der Waals surface area contributed by atoms with E-state index in [1.807, 2.05) is 50.2 Å². The maximum absolute atomic E-state index is 13.0. The molecule has 1 fully saturated rings. The molecule has 1 aliphatic heterocycles. The first-order valence-corrected chi connectivity index (χ1v) is 8.91. The summed E-state index contributed by atoms with van der Waals surface area (Å²) < 4.78 is 0. The predicted octanol–water partition coefficient (Wildman–Crippen LogP) is 2.96. The second-order valence-electron chi connectivity index (χ2n) is 7.14. The Bertz CT molecular complexity index is 962. The molecule has 2 aromatic heterocycles. The van der Waals surface area contributed by atoms with E-state index >= 15 is 0 Å². The number of H-pyrrole nitrogens is 1. The molecule has 1 aliphatic rings. The van der Waals surface area contributed by atoms with Crippen molar-refractivity contribution in [3.8, 4) is 0 Å². The lowest BCUT2D eigenvalue weighted by atomic mass is 10.0. The van der Waals surface area contributed by atoms with Gasteiger partial charge in [0.25, 0.3) is 5.91 Å². The molecule has 0 bridgehead atoms. The molecule has 0 spiro atoms. The normalized spacial score (nSPS) is 17.0. The maximum atomic E-state index is 13.0. The summed E-state index contributed by atoms with van der Waals surface area (Å²) in [5.74, 6) is 0.258. The molecule has 0 saturated carbocycles. The van der Waals surface area contributed by atoms with Crippen LogP contribution < -0.4 is 4.90 Å². The van der Waals surface area contributed by atoms with Crippen LogP contribution >= 0.6 is 0 Å². The van der Waals surface area contributed by atoms with Crippen molar-refractivity contribution in [2.24, 2.45) is 0 Å². The summed E-state index contributed by atoms with van der Waals surface area (Å²) in [5, 5.41) is 8.08. The summed E-state index contributed by atoms with van der Waals surface area (Å²) in [6.45, 7) is 3.44. The minimum atomic E-state index is -0.00886. The molecule has 1 aromatic carbocycles. The number of rotatable bonds is 3. The molecule has 0 radical (unpaired) electrons. The third-order valence-corrected chi connectivity index (χ3v) is 5.04. The number of carbonyl (C=O) groups is 1. The largest absolute Gasteiger partial charge is 0.378 e. The van der Waals surface area contributed by atoms with Crippen LogP contribution in [0.4, 0.5) is 5.69 Å². The van der Waals surface area contributed by atoms with Crippen LogP contribution in [0.15, 0.2) is 36.4 Å². The molecule has 1 amide bonds. The Labute approximate surface area is 152 Å². The minimum absolute atomic E-state index is 0.00886. The van der Waals surface area contributed by atoms with Gasteiger partial charge >= 0.3 is 0 Å². The molecule has 0 unspecified atom stereocenters. The first-order chi connectivity index (χ1) is 12.5. The van der Waals surface area contributed by atoms with Gasteiger partial charge in [0, 0.05) is 55.6 Å². The van der Waals surface area contributed by atoms with E-state index in [1.165, 1.54) is 0 Å². The van der Waals surface area contributed by atoms with E-state index < -0.39 is 0 Å². The summed E-state index contributed by atoms with van der Waals surface area (Å²) >= 11 is 0. The highest BCUT2D eigenvalue weighted by Crippen LogP contribution is 2.30. The van der Waals surface area contributed by atoms with Crippen molar-refractivity contribution in [1.29, 1.82) is 0 Å². The van der Waals surface area contributed by atoms with E-state index in [1.54, 1.807) is 0 Å². The number of hydrogen-bond acceptors (Lipinski definition) is 4. The molecule has 6 nitrogen and oxygen atoms in total. The van der Waals surface area contributed by atoms with Crippen molar-refractivity contribution >= 4 is 22.5 Å². The fraction of sp³-hybridized carbons (Fsp3) is 0.350. The average molecular weight is 349 g/mol. The van der Waals surface area contributed by atoms with Crippen molar-refractivity contribution < 1.29 is 4.79 Å². The van der Waals surface area contributed by atoms with E-state index in [9.17, 15) is 4.79 Å². The third-order valence-electron chi connectivity index (χ3n) is 5.04. The van der Waals surface area contributed by atoms with Gasteiger partial charge in [-0.1, -0.05) is 18.2 Å². The van der Waals surface area contributed by atoms with Gasteiger partial charge < -0.3 is 9.80 Å². The molecule has 0 aliphatic carbocycles. The fourth-order valence-electron chi connectivity index (χ4n) is 3.61. The number of para-hydroxylation sites is 1. The second-order valence-corrected chi connectivity index (χ2v) is 7.14. The average Bonchev–Trinajstić information content (AvgIpc) is 3.28. The number of anilines is 1. The number of nitrogens with zero attached hydrogens (tertiary/aromatic N) is 4. The van der Waals surface area contributed by atoms with Gasteiger partial charge in [0.1, 0.15) is 0 Å². The Hall–Kier alpha value is -2.89. The number of aromatic nitrogens is 3. The van der Waals surface area contributed by atoms with Crippen molar-refractivity contribution in [3.05, 3.63) is 53.5 Å². The van der Waals surface area contributed by atoms with Gasteiger partial charge in [-0.25, -0.2) is 0 Å². The lowest BCUT2D eigenvalue weighted by molar-refractivity contribution is 0.0786. The molecular formula is C20H23N5O. The number of likely N-dealkylation sites (tertiary alicyclic amines) is 1. The number of amides is 1. The SMILES string of the molecule is Cc1cc(N(C)C)cc([C@H]2CCN(C(=O)c3n[nH]c4ccccc34)C2)n1. The summed E-state index contributed by atoms with van der Waals surface area (Å²) in [6.07, 6.45) is 0.928. The third kappa shape index (κ3) is 2.92. The van der Waals surface area contributed by atoms with E-state index in [0.29, 0.717) is 12.2 Å². The first kappa shape index (κ1) is 16.6. The van der Waals surface area contributed by atoms with Crippen LogP contribution in [-0.2, 0) is 0 Å². The Morgan fingerprint density at radius 3 is 2.88 bits per heavy atom. The van der Waals surface area contributed by atoms with Gasteiger partial charge in [-0.3, -0.25) is 14.9 Å². The van der Waals surface area contributed by atoms with E-state index in [0.717, 1.165) is 40.9 Å². The number of aromatic amines is 1. The fourth-order valence-corrected chi connectivity index (χ4v) is 3.61. The number of benzene rings is 1. The molecule has 3 aromatic rings. The molecule has 1 atom stereocenters. The van der Waals surface area contributed by atoms with Crippen LogP contribution in [0.3, 0.4) is 0 Å². The molecule has 1 saturated heterocycles. The lowest BCUT2D eigenvalue weighted by Gasteiger charge is -2.18. The monoisotopic (exact) mass is 349 g/mol. The number of aryl methyl sites for hydroxylation is 1. The number of nitrogens with one attached hydrogen (secondary N) is 1. The maximum Gasteiger partial charge on any atom is 0.275 e. The Kier molecular flexibility index (Phi) is 4.11. The van der Waals surface area contributed by atoms with Gasteiger partial charge in [0.05, 0.1) is 5.52 Å². The van der Waals surface area contributed by atoms with Crippen molar-refractivity contribution in [2.45, 2.75) is 19.3 Å². The van der Waals surface area contributed by atoms with Crippen molar-refractivity contribution in [3.63, 3.8) is 0 Å². The van der Waals surface area contributed by atoms with Crippen molar-refractivity contribution in [2.75, 3.05) is 32.1 Å². The Balaban J connectivity index is 1.56. The number of fused-ring (bicyclic) bond motifs is 1. The molecule has 1 N–H and O–H groups in total. The molecule has 3 heterocycles. The minimum Gasteiger partial charge on any atom is -0.378 e. The molecule has 26 heavy (non-hydrogen) atoms. The molecule has 134 valence electrons. The summed E-state index contributed by atoms with van der Waals surface area (Å²) in [7, 11) is 4.07. The van der Waals surface area contributed by atoms with Crippen LogP contribution in [0.25, 0.3) is 10.9 Å². The Morgan fingerprint density at radius 1 is 1.27 bits per heavy atom. The molecular weight excluding hydrogens is 326 g/mol. The highest BCUT2D eigenvalue weighted by molar-refractivity contribution is 6.04. The summed E-state index contributed by atoms with van der Waals surface area (Å²) in [5.41, 5.74) is 4.62. The summed E-state index contributed by atoms with van der Waals surface area (Å²) in [4.78, 5) is 21.7. The summed E-state index contributed by atoms with van der Waals surface area (Å²) in [6, 6.07) is 12.0. The second kappa shape index (κ2) is 6.44. The van der Waals surface area contributed by atoms with Gasteiger partial charge in [-0.15, -0.1) is 0 Å². The Morgan fingerprint density at radius 2 is 2.08 bits per heavy atom. The highest BCUT2D eigenvalue weighted by atomic mass is 16.2. The number of carbonyl (C=O) groups excluding carboxylic acids is 1. The van der Waals surface area contributed by atoms with Crippen LogP contribution in [0.5, 0.6) is 0 Å². The van der Waals surface area contributed by atoms with Gasteiger partial charge in [0.2, 0.25) is 0 Å². The predicted molar refractivity (Wildman–Crippen MR) is 103 cm³/mol. The molecule has 6 heteroatoms. The lowest BCUT2D eigenvalue weighted by Crippen LogP contribution is -2.29. The van der Waals surface area contributed by atoms with Crippen LogP contribution in [0.1, 0.15) is 34.2 Å². The van der Waals surface area contributed by atoms with Crippen molar-refractivity contribution in [1.82, 2.24) is 20.1 Å². The highest BCUT2D eigenvalue weighted by Gasteiger charge is 2.31. The van der Waals surface area contributed by atoms with E-state index in [-0.39, 0.29) is 11.8 Å². The van der Waals surface area contributed by atoms with Gasteiger partial charge in [-0.2, -0.15) is 5.10 Å². The zero-order chi connectivity index (χ0) is 18.3. The van der Waals surface area contributed by atoms with Crippen LogP contribution in [0, 0.1) is 6.92 Å². The quantitative estimate of drug-likeness (QED) is 0.789. The smallest absolute Gasteiger partial charge is 0.275 e. The van der Waals surface area contributed by atoms with Gasteiger partial charge in [-0.05, 0) is 31.5 Å². The standard InChI is InChI=1S/C20H23N5O/c1-13-10-15(24(2)3)11-18(21-13)14-8-9-25(12-14)20(26)19-16-6-4-5-7-17(16)22-23-19/h4-7,10-11,14H,8-9,12H2,1-3H3,(H,22,23)/t14-/m0/s1. The zero-order valence-electron chi connectivity index (χ0n) is 15.4. The van der Waals surface area contributed by atoms with Crippen LogP contribution in [-0.4, -0.2) is 53.2 Å². The number of hydrogen-bond donors (Lipinski definition) is 1. The van der Waals surface area contributed by atoms with E-state index in [4.69, 9.17) is 4.98 Å².